The molecule has 3 aromatic carbocycles. The molecule has 7 nitrogen and oxygen atoms in total. The van der Waals surface area contributed by atoms with Gasteiger partial charge >= 0.3 is 11.9 Å². The smallest absolute Gasteiger partial charge is 0.338 e. The number of carbonyl (C=O) groups excluding carboxylic acids is 1. The number of phenolic OH excluding ortho intramolecular Hbond substituents is 1. The number of carbonyl (C=O) groups is 2. The second kappa shape index (κ2) is 11.0. The molecular weight excluding hydrogens is 632 g/mol. The number of fused-ring (bicyclic) bond motifs is 2. The van der Waals surface area contributed by atoms with E-state index >= 15 is 0 Å². The molecule has 196 valence electrons. The Kier molecular flexibility index (Phi) is 7.54. The predicted octanol–water partition coefficient (Wildman–Crippen LogP) is 7.12. The van der Waals surface area contributed by atoms with Crippen molar-refractivity contribution in [3.05, 3.63) is 111 Å². The fourth-order valence-electron chi connectivity index (χ4n) is 4.52. The molecule has 3 aromatic rings. The Labute approximate surface area is 239 Å². The van der Waals surface area contributed by atoms with Crippen molar-refractivity contribution in [2.45, 2.75) is 17.3 Å². The SMILES string of the molecule is O=C(OCc1cc(CBr)cc(CBr)c1)c1ccc(-c2c3ccc(=O)cc-3oc3cc(O)ccc23)c(C(=O)O)c1. The summed E-state index contributed by atoms with van der Waals surface area (Å²) >= 11 is 6.89. The summed E-state index contributed by atoms with van der Waals surface area (Å²) < 4.78 is 11.4. The monoisotopic (exact) mass is 650 g/mol. The highest BCUT2D eigenvalue weighted by Gasteiger charge is 2.23. The first-order valence-corrected chi connectivity index (χ1v) is 14.0. The van der Waals surface area contributed by atoms with Crippen LogP contribution in [0.2, 0.25) is 0 Å². The van der Waals surface area contributed by atoms with Crippen LogP contribution in [0.4, 0.5) is 0 Å². The van der Waals surface area contributed by atoms with Crippen LogP contribution in [0.1, 0.15) is 37.4 Å². The van der Waals surface area contributed by atoms with Gasteiger partial charge in [0.1, 0.15) is 23.7 Å². The molecular formula is C30H20Br2O7. The quantitative estimate of drug-likeness (QED) is 0.109. The highest BCUT2D eigenvalue weighted by molar-refractivity contribution is 9.08. The summed E-state index contributed by atoms with van der Waals surface area (Å²) in [6.07, 6.45) is 0. The molecule has 0 atom stereocenters. The number of halogens is 2. The largest absolute Gasteiger partial charge is 0.508 e. The minimum absolute atomic E-state index is 0.0281. The van der Waals surface area contributed by atoms with Crippen molar-refractivity contribution >= 4 is 54.8 Å². The molecule has 5 rings (SSSR count). The Hall–Kier alpha value is -3.95. The molecule has 39 heavy (non-hydrogen) atoms. The maximum absolute atomic E-state index is 12.9. The number of rotatable bonds is 7. The Morgan fingerprint density at radius 1 is 0.821 bits per heavy atom. The number of hydrogen-bond acceptors (Lipinski definition) is 6. The van der Waals surface area contributed by atoms with Crippen LogP contribution in [0, 0.1) is 0 Å². The van der Waals surface area contributed by atoms with E-state index in [9.17, 15) is 24.6 Å². The second-order valence-corrected chi connectivity index (χ2v) is 10.0. The van der Waals surface area contributed by atoms with E-state index in [1.165, 1.54) is 36.4 Å². The van der Waals surface area contributed by atoms with Gasteiger partial charge in [-0.25, -0.2) is 9.59 Å². The first-order valence-electron chi connectivity index (χ1n) is 11.8. The first-order chi connectivity index (χ1) is 18.8. The third-order valence-electron chi connectivity index (χ3n) is 6.22. The highest BCUT2D eigenvalue weighted by atomic mass is 79.9. The average molecular weight is 652 g/mol. The molecule has 0 saturated carbocycles. The number of aromatic carboxylic acids is 1. The fraction of sp³-hybridized carbons (Fsp3) is 0.100. The van der Waals surface area contributed by atoms with Crippen LogP contribution < -0.4 is 5.43 Å². The van der Waals surface area contributed by atoms with Gasteiger partial charge < -0.3 is 19.4 Å². The first kappa shape index (κ1) is 26.6. The number of esters is 1. The lowest BCUT2D eigenvalue weighted by Gasteiger charge is -2.17. The molecule has 2 aliphatic rings. The fourth-order valence-corrected chi connectivity index (χ4v) is 5.17. The molecule has 0 fully saturated rings. The Balaban J connectivity index is 1.56. The van der Waals surface area contributed by atoms with E-state index in [2.05, 4.69) is 31.9 Å². The van der Waals surface area contributed by atoms with Crippen molar-refractivity contribution in [2.75, 3.05) is 0 Å². The standard InChI is InChI=1S/C30H20Br2O7/c31-13-16-7-17(14-32)9-18(8-16)15-38-30(37)19-1-4-22(25(10-19)29(35)36)28-23-5-2-20(33)11-26(23)39-27-12-21(34)3-6-24(27)28/h1-12,33H,13-15H2,(H,35,36). The van der Waals surface area contributed by atoms with E-state index in [1.807, 2.05) is 18.2 Å². The van der Waals surface area contributed by atoms with E-state index in [1.54, 1.807) is 18.2 Å². The predicted molar refractivity (Wildman–Crippen MR) is 154 cm³/mol. The minimum Gasteiger partial charge on any atom is -0.508 e. The molecule has 0 bridgehead atoms. The van der Waals surface area contributed by atoms with Gasteiger partial charge in [-0.1, -0.05) is 56.1 Å². The number of benzene rings is 4. The van der Waals surface area contributed by atoms with Gasteiger partial charge in [-0.2, -0.15) is 0 Å². The average Bonchev–Trinajstić information content (AvgIpc) is 2.93. The van der Waals surface area contributed by atoms with Gasteiger partial charge in [-0.15, -0.1) is 0 Å². The highest BCUT2D eigenvalue weighted by Crippen LogP contribution is 2.42. The van der Waals surface area contributed by atoms with Crippen molar-refractivity contribution in [2.24, 2.45) is 0 Å². The summed E-state index contributed by atoms with van der Waals surface area (Å²) in [4.78, 5) is 37.3. The molecule has 0 saturated heterocycles. The summed E-state index contributed by atoms with van der Waals surface area (Å²) in [6, 6.07) is 18.9. The molecule has 2 N–H and O–H groups in total. The molecule has 0 spiro atoms. The van der Waals surface area contributed by atoms with Crippen LogP contribution in [0.3, 0.4) is 0 Å². The summed E-state index contributed by atoms with van der Waals surface area (Å²) in [6.45, 7) is 0.0281. The van der Waals surface area contributed by atoms with Crippen LogP contribution >= 0.6 is 31.9 Å². The van der Waals surface area contributed by atoms with Gasteiger partial charge in [0.2, 0.25) is 0 Å². The van der Waals surface area contributed by atoms with E-state index < -0.39 is 11.9 Å². The van der Waals surface area contributed by atoms with Crippen LogP contribution in [0.5, 0.6) is 5.75 Å². The maximum Gasteiger partial charge on any atom is 0.338 e. The number of ether oxygens (including phenoxy) is 1. The van der Waals surface area contributed by atoms with Crippen LogP contribution in [-0.4, -0.2) is 22.2 Å². The van der Waals surface area contributed by atoms with E-state index in [-0.39, 0.29) is 40.3 Å². The van der Waals surface area contributed by atoms with Crippen LogP contribution in [0.15, 0.2) is 82.0 Å². The Morgan fingerprint density at radius 3 is 2.21 bits per heavy atom. The molecule has 0 radical (unpaired) electrons. The summed E-state index contributed by atoms with van der Waals surface area (Å²) in [7, 11) is 0. The molecule has 1 heterocycles. The van der Waals surface area contributed by atoms with Crippen molar-refractivity contribution in [1.82, 2.24) is 0 Å². The van der Waals surface area contributed by atoms with E-state index in [4.69, 9.17) is 9.15 Å². The summed E-state index contributed by atoms with van der Waals surface area (Å²) in [5.41, 5.74) is 4.19. The van der Waals surface area contributed by atoms with Crippen LogP contribution in [0.25, 0.3) is 33.4 Å². The number of aromatic hydroxyl groups is 1. The number of carboxylic acids is 1. The summed E-state index contributed by atoms with van der Waals surface area (Å²) in [5.74, 6) is -1.71. The third kappa shape index (κ3) is 5.46. The second-order valence-electron chi connectivity index (χ2n) is 8.88. The molecule has 9 heteroatoms. The van der Waals surface area contributed by atoms with E-state index in [0.717, 1.165) is 16.7 Å². The number of hydrogen-bond donors (Lipinski definition) is 2. The Bertz CT molecular complexity index is 1750. The zero-order valence-corrected chi connectivity index (χ0v) is 23.4. The van der Waals surface area contributed by atoms with Crippen molar-refractivity contribution in [3.63, 3.8) is 0 Å². The molecule has 0 aromatic heterocycles. The van der Waals surface area contributed by atoms with Gasteiger partial charge in [0.05, 0.1) is 11.1 Å². The zero-order valence-electron chi connectivity index (χ0n) is 20.2. The van der Waals surface area contributed by atoms with Crippen molar-refractivity contribution < 1.29 is 29.0 Å². The zero-order chi connectivity index (χ0) is 27.7. The molecule has 1 aliphatic carbocycles. The topological polar surface area (TPSA) is 114 Å². The lowest BCUT2D eigenvalue weighted by molar-refractivity contribution is 0.0472. The molecule has 0 amide bonds. The van der Waals surface area contributed by atoms with Gasteiger partial charge in [-0.3, -0.25) is 4.79 Å². The van der Waals surface area contributed by atoms with Crippen molar-refractivity contribution in [1.29, 1.82) is 0 Å². The number of carboxylic acid groups (broad SMARTS) is 1. The molecule has 1 aliphatic heterocycles. The Morgan fingerprint density at radius 2 is 1.51 bits per heavy atom. The number of alkyl halides is 2. The normalized spacial score (nSPS) is 11.1. The summed E-state index contributed by atoms with van der Waals surface area (Å²) in [5, 5.41) is 21.9. The lowest BCUT2D eigenvalue weighted by atomic mass is 9.90. The lowest BCUT2D eigenvalue weighted by Crippen LogP contribution is -2.09. The number of phenols is 1. The van der Waals surface area contributed by atoms with Gasteiger partial charge in [0.15, 0.2) is 5.43 Å². The van der Waals surface area contributed by atoms with Gasteiger partial charge in [-0.05, 0) is 58.7 Å². The van der Waals surface area contributed by atoms with Crippen LogP contribution in [-0.2, 0) is 22.0 Å². The minimum atomic E-state index is -1.24. The van der Waals surface area contributed by atoms with E-state index in [0.29, 0.717) is 32.7 Å². The third-order valence-corrected chi connectivity index (χ3v) is 7.52. The maximum atomic E-state index is 12.9. The van der Waals surface area contributed by atoms with Crippen molar-refractivity contribution in [3.8, 4) is 28.2 Å². The molecule has 0 unspecified atom stereocenters. The van der Waals surface area contributed by atoms with Gasteiger partial charge in [0.25, 0.3) is 0 Å². The van der Waals surface area contributed by atoms with Gasteiger partial charge in [0, 0.05) is 39.3 Å².